The number of aryl methyl sites for hydroxylation is 1. The Morgan fingerprint density at radius 2 is 2.20 bits per heavy atom. The molecule has 0 aliphatic carbocycles. The maximum absolute atomic E-state index is 12.9. The molecular formula is C20H18N6O4. The summed E-state index contributed by atoms with van der Waals surface area (Å²) in [6.45, 7) is 2.50. The largest absolute Gasteiger partial charge is 0.491 e. The molecule has 0 bridgehead atoms. The number of rotatable bonds is 5. The second-order valence-corrected chi connectivity index (χ2v) is 6.98. The number of nitrogens with zero attached hydrogens (tertiary/aromatic N) is 5. The van der Waals surface area contributed by atoms with Crippen molar-refractivity contribution in [3.63, 3.8) is 0 Å². The average Bonchev–Trinajstić information content (AvgIpc) is 3.46. The molecule has 1 aromatic carbocycles. The van der Waals surface area contributed by atoms with Crippen LogP contribution >= 0.6 is 0 Å². The first-order chi connectivity index (χ1) is 14.6. The minimum atomic E-state index is -0.279. The smallest absolute Gasteiger partial charge is 0.270 e. The van der Waals surface area contributed by atoms with Crippen LogP contribution in [0, 0.1) is 6.92 Å². The number of amides is 1. The number of hydrogen-bond acceptors (Lipinski definition) is 8. The second kappa shape index (κ2) is 7.23. The van der Waals surface area contributed by atoms with E-state index in [1.165, 1.54) is 6.20 Å². The zero-order valence-electron chi connectivity index (χ0n) is 16.3. The number of aromatic nitrogens is 5. The fourth-order valence-corrected chi connectivity index (χ4v) is 3.39. The molecule has 1 atom stereocenters. The highest BCUT2D eigenvalue weighted by Gasteiger charge is 2.28. The predicted molar refractivity (Wildman–Crippen MR) is 104 cm³/mol. The quantitative estimate of drug-likeness (QED) is 0.536. The second-order valence-electron chi connectivity index (χ2n) is 6.98. The van der Waals surface area contributed by atoms with Crippen molar-refractivity contribution >= 4 is 11.7 Å². The number of nitrogens with one attached hydrogen (secondary N) is 1. The molecule has 0 saturated heterocycles. The summed E-state index contributed by atoms with van der Waals surface area (Å²) in [5.74, 6) is 1.76. The van der Waals surface area contributed by atoms with Crippen molar-refractivity contribution in [2.45, 2.75) is 19.6 Å². The third-order valence-corrected chi connectivity index (χ3v) is 4.82. The molecule has 1 amide bonds. The van der Waals surface area contributed by atoms with E-state index in [9.17, 15) is 4.79 Å². The molecule has 30 heavy (non-hydrogen) atoms. The Morgan fingerprint density at radius 3 is 3.07 bits per heavy atom. The molecule has 10 nitrogen and oxygen atoms in total. The van der Waals surface area contributed by atoms with E-state index in [0.29, 0.717) is 35.5 Å². The van der Waals surface area contributed by atoms with Crippen LogP contribution in [0.4, 0.5) is 0 Å². The third kappa shape index (κ3) is 3.16. The van der Waals surface area contributed by atoms with Crippen LogP contribution in [0.2, 0.25) is 0 Å². The van der Waals surface area contributed by atoms with E-state index in [2.05, 4.69) is 25.4 Å². The Labute approximate surface area is 170 Å². The molecular weight excluding hydrogens is 388 g/mol. The number of methoxy groups -OCH3 is 1. The van der Waals surface area contributed by atoms with Crippen LogP contribution < -0.4 is 10.1 Å². The number of carbonyl (C=O) groups is 1. The van der Waals surface area contributed by atoms with E-state index in [1.807, 2.05) is 31.3 Å². The van der Waals surface area contributed by atoms with E-state index in [1.54, 1.807) is 17.7 Å². The Balaban J connectivity index is 1.36. The molecule has 0 unspecified atom stereocenters. The third-order valence-electron chi connectivity index (χ3n) is 4.82. The molecule has 4 aromatic rings. The van der Waals surface area contributed by atoms with E-state index < -0.39 is 0 Å². The number of carbonyl (C=O) groups excluding carboxylic acids is 1. The van der Waals surface area contributed by atoms with Crippen LogP contribution in [0.25, 0.3) is 17.2 Å². The van der Waals surface area contributed by atoms with Gasteiger partial charge in [0.05, 0.1) is 12.2 Å². The summed E-state index contributed by atoms with van der Waals surface area (Å²) in [6, 6.07) is 5.33. The summed E-state index contributed by atoms with van der Waals surface area (Å²) >= 11 is 0. The van der Waals surface area contributed by atoms with Crippen molar-refractivity contribution in [2.24, 2.45) is 0 Å². The van der Waals surface area contributed by atoms with Crippen molar-refractivity contribution in [1.29, 1.82) is 0 Å². The number of ether oxygens (including phenoxy) is 2. The maximum Gasteiger partial charge on any atom is 0.270 e. The van der Waals surface area contributed by atoms with Gasteiger partial charge >= 0.3 is 0 Å². The fraction of sp³-hybridized carbons (Fsp3) is 0.250. The van der Waals surface area contributed by atoms with Gasteiger partial charge in [0.1, 0.15) is 24.7 Å². The van der Waals surface area contributed by atoms with Crippen LogP contribution in [0.1, 0.15) is 33.5 Å². The Hall–Kier alpha value is -3.79. The molecule has 10 heteroatoms. The maximum atomic E-state index is 12.9. The molecule has 3 aromatic heterocycles. The fourth-order valence-electron chi connectivity index (χ4n) is 3.39. The lowest BCUT2D eigenvalue weighted by molar-refractivity contribution is 0.0924. The monoisotopic (exact) mass is 406 g/mol. The van der Waals surface area contributed by atoms with Crippen molar-refractivity contribution in [2.75, 3.05) is 13.7 Å². The van der Waals surface area contributed by atoms with E-state index >= 15 is 0 Å². The van der Waals surface area contributed by atoms with Crippen LogP contribution in [-0.2, 0) is 11.3 Å². The molecule has 0 spiro atoms. The lowest BCUT2D eigenvalue weighted by Crippen LogP contribution is -2.30. The highest BCUT2D eigenvalue weighted by molar-refractivity contribution is 5.93. The van der Waals surface area contributed by atoms with Gasteiger partial charge in [0.2, 0.25) is 11.6 Å². The molecule has 1 N–H and O–H groups in total. The topological polar surface area (TPSA) is 117 Å². The van der Waals surface area contributed by atoms with Crippen LogP contribution in [0.5, 0.6) is 5.75 Å². The number of fused-ring (bicyclic) bond motifs is 2. The molecule has 0 radical (unpaired) electrons. The first kappa shape index (κ1) is 18.3. The highest BCUT2D eigenvalue weighted by atomic mass is 16.5. The van der Waals surface area contributed by atoms with Gasteiger partial charge in [0.25, 0.3) is 11.8 Å². The minimum absolute atomic E-state index is 0.247. The summed E-state index contributed by atoms with van der Waals surface area (Å²) < 4.78 is 17.6. The molecule has 0 saturated carbocycles. The van der Waals surface area contributed by atoms with Gasteiger partial charge in [-0.05, 0) is 18.6 Å². The van der Waals surface area contributed by atoms with Gasteiger partial charge in [0, 0.05) is 30.6 Å². The van der Waals surface area contributed by atoms with Crippen molar-refractivity contribution < 1.29 is 18.8 Å². The van der Waals surface area contributed by atoms with Crippen molar-refractivity contribution in [1.82, 2.24) is 29.8 Å². The van der Waals surface area contributed by atoms with Gasteiger partial charge in [-0.15, -0.1) is 0 Å². The van der Waals surface area contributed by atoms with Gasteiger partial charge in [-0.25, -0.2) is 9.97 Å². The first-order valence-corrected chi connectivity index (χ1v) is 9.31. The van der Waals surface area contributed by atoms with E-state index in [0.717, 1.165) is 16.7 Å². The van der Waals surface area contributed by atoms with E-state index in [-0.39, 0.29) is 18.6 Å². The van der Waals surface area contributed by atoms with E-state index in [4.69, 9.17) is 14.0 Å². The van der Waals surface area contributed by atoms with Crippen LogP contribution in [0.15, 0.2) is 41.3 Å². The number of hydrogen-bond donors (Lipinski definition) is 1. The molecule has 5 rings (SSSR count). The Bertz CT molecular complexity index is 1250. The SMILES string of the molecule is COCc1nc(-c2ccc3c(c2)OC[C@H]3NC(=O)c2cnc3ncc(C)cn23)no1. The highest BCUT2D eigenvalue weighted by Crippen LogP contribution is 2.35. The lowest BCUT2D eigenvalue weighted by Gasteiger charge is -2.11. The van der Waals surface area contributed by atoms with Crippen molar-refractivity contribution in [3.05, 3.63) is 59.5 Å². The molecule has 1 aliphatic heterocycles. The zero-order valence-corrected chi connectivity index (χ0v) is 16.3. The number of benzene rings is 1. The van der Waals surface area contributed by atoms with Gasteiger partial charge in [-0.1, -0.05) is 17.3 Å². The standard InChI is InChI=1S/C20H18N6O4/c1-11-6-21-20-22-7-15(26(20)8-11)19(27)23-14-9-29-16-5-12(3-4-13(14)16)18-24-17(10-28-2)30-25-18/h3-8,14H,9-10H2,1-2H3,(H,23,27)/t14-/m1/s1. The Morgan fingerprint density at radius 1 is 1.33 bits per heavy atom. The summed E-state index contributed by atoms with van der Waals surface area (Å²) in [6.07, 6.45) is 5.06. The van der Waals surface area contributed by atoms with Crippen molar-refractivity contribution in [3.8, 4) is 17.1 Å². The van der Waals surface area contributed by atoms with Crippen LogP contribution in [0.3, 0.4) is 0 Å². The predicted octanol–water partition coefficient (Wildman–Crippen LogP) is 2.10. The van der Waals surface area contributed by atoms with Gasteiger partial charge in [0.15, 0.2) is 0 Å². The molecule has 4 heterocycles. The van der Waals surface area contributed by atoms with Crippen LogP contribution in [-0.4, -0.2) is 44.1 Å². The summed E-state index contributed by atoms with van der Waals surface area (Å²) in [4.78, 5) is 25.6. The summed E-state index contributed by atoms with van der Waals surface area (Å²) in [5.41, 5.74) is 3.00. The first-order valence-electron chi connectivity index (χ1n) is 9.31. The number of imidazole rings is 1. The lowest BCUT2D eigenvalue weighted by atomic mass is 10.1. The zero-order chi connectivity index (χ0) is 20.7. The van der Waals surface area contributed by atoms with Gasteiger partial charge in [-0.3, -0.25) is 9.20 Å². The van der Waals surface area contributed by atoms with Gasteiger partial charge in [-0.2, -0.15) is 4.98 Å². The summed E-state index contributed by atoms with van der Waals surface area (Å²) in [7, 11) is 1.56. The average molecular weight is 406 g/mol. The molecule has 0 fully saturated rings. The molecule has 1 aliphatic rings. The normalized spacial score (nSPS) is 15.2. The summed E-state index contributed by atoms with van der Waals surface area (Å²) in [5, 5.41) is 6.97. The minimum Gasteiger partial charge on any atom is -0.491 e. The molecule has 152 valence electrons. The Kier molecular flexibility index (Phi) is 4.40. The van der Waals surface area contributed by atoms with Gasteiger partial charge < -0.3 is 19.3 Å².